The molecule has 0 saturated carbocycles. The van der Waals surface area contributed by atoms with Crippen LogP contribution in [-0.4, -0.2) is 72.7 Å². The van der Waals surface area contributed by atoms with Gasteiger partial charge in [0.05, 0.1) is 25.4 Å². The summed E-state index contributed by atoms with van der Waals surface area (Å²) in [4.78, 5) is 2.33. The van der Waals surface area contributed by atoms with E-state index in [9.17, 15) is 0 Å². The van der Waals surface area contributed by atoms with E-state index in [1.807, 2.05) is 25.2 Å². The first-order chi connectivity index (χ1) is 11.8. The molecule has 0 radical (unpaired) electrons. The molecule has 0 aromatic heterocycles. The third-order valence-electron chi connectivity index (χ3n) is 3.90. The van der Waals surface area contributed by atoms with Crippen LogP contribution in [0.2, 0.25) is 0 Å². The second-order valence-corrected chi connectivity index (χ2v) is 5.78. The van der Waals surface area contributed by atoms with Crippen LogP contribution in [0.3, 0.4) is 0 Å². The molecule has 24 heavy (non-hydrogen) atoms. The van der Waals surface area contributed by atoms with Crippen molar-refractivity contribution in [1.82, 2.24) is 16.0 Å². The lowest BCUT2D eigenvalue weighted by atomic mass is 10.2. The molecular formula is C17H31N5O2. The van der Waals surface area contributed by atoms with Gasteiger partial charge in [-0.2, -0.15) is 0 Å². The number of anilines is 2. The van der Waals surface area contributed by atoms with Crippen molar-refractivity contribution in [3.05, 3.63) is 18.2 Å². The Morgan fingerprint density at radius 3 is 2.71 bits per heavy atom. The lowest BCUT2D eigenvalue weighted by Crippen LogP contribution is -2.38. The molecule has 0 aliphatic carbocycles. The molecular weight excluding hydrogens is 306 g/mol. The number of nitrogens with one attached hydrogen (secondary N) is 3. The van der Waals surface area contributed by atoms with E-state index in [0.29, 0.717) is 6.61 Å². The van der Waals surface area contributed by atoms with Crippen LogP contribution in [0.4, 0.5) is 11.4 Å². The highest BCUT2D eigenvalue weighted by molar-refractivity contribution is 5.65. The summed E-state index contributed by atoms with van der Waals surface area (Å²) in [5.41, 5.74) is 7.68. The summed E-state index contributed by atoms with van der Waals surface area (Å²) in [5, 5.41) is 9.83. The molecule has 2 rings (SSSR count). The third kappa shape index (κ3) is 6.52. The number of benzene rings is 1. The van der Waals surface area contributed by atoms with Crippen LogP contribution < -0.4 is 31.3 Å². The van der Waals surface area contributed by atoms with Crippen LogP contribution in [-0.2, 0) is 4.74 Å². The van der Waals surface area contributed by atoms with Crippen molar-refractivity contribution in [2.75, 3.05) is 83.3 Å². The Bertz CT molecular complexity index is 472. The summed E-state index contributed by atoms with van der Waals surface area (Å²) in [7, 11) is 1.95. The van der Waals surface area contributed by atoms with Gasteiger partial charge < -0.3 is 36.1 Å². The van der Waals surface area contributed by atoms with Crippen LogP contribution in [0.15, 0.2) is 18.2 Å². The number of likely N-dealkylation sites (N-methyl/N-ethyl adjacent to an activating group) is 1. The number of nitrogens with two attached hydrogens (primary N) is 1. The number of nitrogens with zero attached hydrogens (tertiary/aromatic N) is 1. The molecule has 136 valence electrons. The zero-order valence-electron chi connectivity index (χ0n) is 14.6. The van der Waals surface area contributed by atoms with Crippen LogP contribution in [0, 0.1) is 0 Å². The molecule has 0 unspecified atom stereocenters. The van der Waals surface area contributed by atoms with Crippen molar-refractivity contribution in [1.29, 1.82) is 0 Å². The fourth-order valence-electron chi connectivity index (χ4n) is 2.59. The van der Waals surface area contributed by atoms with Gasteiger partial charge in [-0.15, -0.1) is 0 Å². The Balaban J connectivity index is 1.51. The molecule has 7 heteroatoms. The summed E-state index contributed by atoms with van der Waals surface area (Å²) in [6.45, 7) is 8.72. The average Bonchev–Trinajstić information content (AvgIpc) is 2.59. The highest BCUT2D eigenvalue weighted by Crippen LogP contribution is 2.32. The molecule has 7 nitrogen and oxygen atoms in total. The Morgan fingerprint density at radius 1 is 1.12 bits per heavy atom. The monoisotopic (exact) mass is 337 g/mol. The lowest BCUT2D eigenvalue weighted by molar-refractivity contribution is 0.138. The van der Waals surface area contributed by atoms with Gasteiger partial charge in [0.2, 0.25) is 0 Å². The molecule has 1 heterocycles. The van der Waals surface area contributed by atoms with Crippen LogP contribution in [0.1, 0.15) is 0 Å². The minimum Gasteiger partial charge on any atom is -0.489 e. The molecule has 0 amide bonds. The standard InChI is InChI=1S/C17H31N5O2/c1-19-4-5-20-7-11-23-12-8-21-6-9-22-10-13-24-17-14-15(18)2-3-16(17)22/h2-3,14,19-21H,4-13,18H2,1H3. The summed E-state index contributed by atoms with van der Waals surface area (Å²) in [6, 6.07) is 5.85. The predicted molar refractivity (Wildman–Crippen MR) is 99.0 cm³/mol. The maximum Gasteiger partial charge on any atom is 0.144 e. The second kappa shape index (κ2) is 11.1. The van der Waals surface area contributed by atoms with Gasteiger partial charge in [-0.05, 0) is 19.2 Å². The van der Waals surface area contributed by atoms with Gasteiger partial charge >= 0.3 is 0 Å². The Morgan fingerprint density at radius 2 is 1.92 bits per heavy atom. The van der Waals surface area contributed by atoms with E-state index < -0.39 is 0 Å². The topological polar surface area (TPSA) is 83.8 Å². The second-order valence-electron chi connectivity index (χ2n) is 5.78. The van der Waals surface area contributed by atoms with E-state index >= 15 is 0 Å². The summed E-state index contributed by atoms with van der Waals surface area (Å²) >= 11 is 0. The maximum atomic E-state index is 5.81. The zero-order chi connectivity index (χ0) is 17.0. The SMILES string of the molecule is CNCCNCCOCCNCCN1CCOc2cc(N)ccc21. The first-order valence-corrected chi connectivity index (χ1v) is 8.72. The van der Waals surface area contributed by atoms with Crippen LogP contribution in [0.25, 0.3) is 0 Å². The Labute approximate surface area is 144 Å². The Hall–Kier alpha value is -1.54. The van der Waals surface area contributed by atoms with Crippen molar-refractivity contribution < 1.29 is 9.47 Å². The molecule has 1 aliphatic heterocycles. The van der Waals surface area contributed by atoms with Crippen molar-refractivity contribution in [2.24, 2.45) is 0 Å². The fraction of sp³-hybridized carbons (Fsp3) is 0.647. The summed E-state index contributed by atoms with van der Waals surface area (Å²) < 4.78 is 11.3. The molecule has 0 spiro atoms. The van der Waals surface area contributed by atoms with Gasteiger partial charge in [0.1, 0.15) is 12.4 Å². The first-order valence-electron chi connectivity index (χ1n) is 8.72. The molecule has 1 aromatic rings. The van der Waals surface area contributed by atoms with E-state index in [4.69, 9.17) is 15.2 Å². The number of ether oxygens (including phenoxy) is 2. The van der Waals surface area contributed by atoms with E-state index in [0.717, 1.165) is 76.2 Å². The van der Waals surface area contributed by atoms with Crippen LogP contribution in [0.5, 0.6) is 5.75 Å². The van der Waals surface area contributed by atoms with Gasteiger partial charge in [0.25, 0.3) is 0 Å². The van der Waals surface area contributed by atoms with E-state index in [2.05, 4.69) is 20.9 Å². The van der Waals surface area contributed by atoms with E-state index in [-0.39, 0.29) is 0 Å². The van der Waals surface area contributed by atoms with E-state index in [1.54, 1.807) is 0 Å². The molecule has 5 N–H and O–H groups in total. The maximum absolute atomic E-state index is 5.81. The average molecular weight is 337 g/mol. The molecule has 1 aliphatic rings. The van der Waals surface area contributed by atoms with Crippen molar-refractivity contribution >= 4 is 11.4 Å². The molecule has 0 atom stereocenters. The minimum absolute atomic E-state index is 0.708. The quantitative estimate of drug-likeness (QED) is 0.313. The number of nitrogen functional groups attached to an aromatic ring is 1. The van der Waals surface area contributed by atoms with Crippen molar-refractivity contribution in [3.63, 3.8) is 0 Å². The van der Waals surface area contributed by atoms with Gasteiger partial charge in [0, 0.05) is 51.0 Å². The first kappa shape index (κ1) is 18.8. The molecule has 0 bridgehead atoms. The minimum atomic E-state index is 0.708. The largest absolute Gasteiger partial charge is 0.489 e. The molecule has 1 aromatic carbocycles. The lowest BCUT2D eigenvalue weighted by Gasteiger charge is -2.31. The van der Waals surface area contributed by atoms with Gasteiger partial charge in [-0.3, -0.25) is 0 Å². The molecule has 0 fully saturated rings. The van der Waals surface area contributed by atoms with Crippen molar-refractivity contribution in [3.8, 4) is 5.75 Å². The van der Waals surface area contributed by atoms with Gasteiger partial charge in [0.15, 0.2) is 0 Å². The van der Waals surface area contributed by atoms with Gasteiger partial charge in [-0.25, -0.2) is 0 Å². The summed E-state index contributed by atoms with van der Waals surface area (Å²) in [6.07, 6.45) is 0. The molecule has 0 saturated heterocycles. The highest BCUT2D eigenvalue weighted by atomic mass is 16.5. The van der Waals surface area contributed by atoms with Crippen LogP contribution >= 0.6 is 0 Å². The fourth-order valence-corrected chi connectivity index (χ4v) is 2.59. The number of rotatable bonds is 12. The third-order valence-corrected chi connectivity index (χ3v) is 3.90. The van der Waals surface area contributed by atoms with Crippen molar-refractivity contribution in [2.45, 2.75) is 0 Å². The number of fused-ring (bicyclic) bond motifs is 1. The van der Waals surface area contributed by atoms with E-state index in [1.165, 1.54) is 0 Å². The zero-order valence-corrected chi connectivity index (χ0v) is 14.6. The smallest absolute Gasteiger partial charge is 0.144 e. The van der Waals surface area contributed by atoms with Gasteiger partial charge in [-0.1, -0.05) is 0 Å². The summed E-state index contributed by atoms with van der Waals surface area (Å²) in [5.74, 6) is 0.885. The number of hydrogen-bond acceptors (Lipinski definition) is 7. The highest BCUT2D eigenvalue weighted by Gasteiger charge is 2.17. The Kier molecular flexibility index (Phi) is 8.69. The number of hydrogen-bond donors (Lipinski definition) is 4. The normalized spacial score (nSPS) is 13.6. The predicted octanol–water partition coefficient (Wildman–Crippen LogP) is -0.117.